The van der Waals surface area contributed by atoms with Crippen LogP contribution in [0.3, 0.4) is 0 Å². The molecule has 3 rings (SSSR count). The number of nitrogens with one attached hydrogen (secondary N) is 1. The summed E-state index contributed by atoms with van der Waals surface area (Å²) in [6.45, 7) is 2.43. The van der Waals surface area contributed by atoms with E-state index < -0.39 is 9.84 Å². The van der Waals surface area contributed by atoms with Crippen molar-refractivity contribution in [1.82, 2.24) is 5.32 Å². The number of rotatable bonds is 2. The number of hydrogen-bond donors (Lipinski definition) is 1. The second-order valence-electron chi connectivity index (χ2n) is 4.49. The lowest BCUT2D eigenvalue weighted by Gasteiger charge is -2.08. The summed E-state index contributed by atoms with van der Waals surface area (Å²) in [5.41, 5.74) is 0. The molecule has 21 heavy (non-hydrogen) atoms. The van der Waals surface area contributed by atoms with Gasteiger partial charge in [0.25, 0.3) is 0 Å². The minimum absolute atomic E-state index is 0.330. The van der Waals surface area contributed by atoms with Crippen LogP contribution in [0.5, 0.6) is 0 Å². The minimum Gasteiger partial charge on any atom is -0.315 e. The summed E-state index contributed by atoms with van der Waals surface area (Å²) in [5, 5.41) is 3.26. The zero-order chi connectivity index (χ0) is 15.0. The van der Waals surface area contributed by atoms with Gasteiger partial charge in [-0.05, 0) is 24.3 Å². The summed E-state index contributed by atoms with van der Waals surface area (Å²) >= 11 is 2.03. The highest BCUT2D eigenvalue weighted by molar-refractivity contribution is 7.99. The smallest absolute Gasteiger partial charge is 0.206 e. The Hall–Kier alpha value is -1.30. The molecule has 0 bridgehead atoms. The molecule has 0 aliphatic carbocycles. The molecule has 2 aromatic carbocycles. The molecule has 0 spiro atoms. The Morgan fingerprint density at radius 1 is 0.762 bits per heavy atom. The third-order valence-electron chi connectivity index (χ3n) is 2.95. The van der Waals surface area contributed by atoms with Crippen LogP contribution in [0.15, 0.2) is 70.5 Å². The van der Waals surface area contributed by atoms with Gasteiger partial charge >= 0.3 is 0 Å². The zero-order valence-electron chi connectivity index (χ0n) is 11.7. The van der Waals surface area contributed by atoms with E-state index in [1.54, 1.807) is 60.7 Å². The molecule has 1 saturated heterocycles. The van der Waals surface area contributed by atoms with Crippen LogP contribution in [0, 0.1) is 0 Å². The van der Waals surface area contributed by atoms with E-state index in [0.29, 0.717) is 9.79 Å². The van der Waals surface area contributed by atoms with Crippen LogP contribution in [-0.2, 0) is 9.84 Å². The maximum absolute atomic E-state index is 12.0. The van der Waals surface area contributed by atoms with Crippen LogP contribution in [0.2, 0.25) is 0 Å². The molecule has 0 atom stereocenters. The molecule has 0 saturated carbocycles. The number of thioether (sulfide) groups is 1. The summed E-state index contributed by atoms with van der Waals surface area (Å²) < 4.78 is 24.1. The third kappa shape index (κ3) is 4.88. The normalized spacial score (nSPS) is 14.9. The van der Waals surface area contributed by atoms with Gasteiger partial charge in [0.15, 0.2) is 0 Å². The van der Waals surface area contributed by atoms with Crippen LogP contribution in [-0.4, -0.2) is 33.0 Å². The Morgan fingerprint density at radius 3 is 1.48 bits per heavy atom. The van der Waals surface area contributed by atoms with Crippen LogP contribution in [0.4, 0.5) is 0 Å². The average molecular weight is 321 g/mol. The summed E-state index contributed by atoms with van der Waals surface area (Å²) in [5.74, 6) is 2.61. The van der Waals surface area contributed by atoms with E-state index in [-0.39, 0.29) is 0 Å². The molecule has 112 valence electrons. The van der Waals surface area contributed by atoms with E-state index in [2.05, 4.69) is 5.32 Å². The summed E-state index contributed by atoms with van der Waals surface area (Å²) in [7, 11) is -3.34. The van der Waals surface area contributed by atoms with E-state index in [1.165, 1.54) is 24.6 Å². The molecule has 0 aromatic heterocycles. The van der Waals surface area contributed by atoms with E-state index in [1.807, 2.05) is 11.8 Å². The molecule has 1 N–H and O–H groups in total. The second-order valence-corrected chi connectivity index (χ2v) is 7.67. The quantitative estimate of drug-likeness (QED) is 0.924. The first-order valence-electron chi connectivity index (χ1n) is 6.85. The number of benzene rings is 2. The van der Waals surface area contributed by atoms with E-state index in [4.69, 9.17) is 0 Å². The van der Waals surface area contributed by atoms with Gasteiger partial charge in [0.2, 0.25) is 9.84 Å². The standard InChI is InChI=1S/C12H10O2S.C4H9NS/c13-15(14,11-7-3-1-4-8-11)12-9-5-2-6-10-12;1-3-6-4-2-5-1/h1-10H;5H,1-4H2. The topological polar surface area (TPSA) is 46.2 Å². The van der Waals surface area contributed by atoms with Crippen LogP contribution < -0.4 is 5.32 Å². The highest BCUT2D eigenvalue weighted by Gasteiger charge is 2.15. The van der Waals surface area contributed by atoms with Gasteiger partial charge in [0, 0.05) is 24.6 Å². The van der Waals surface area contributed by atoms with Gasteiger partial charge in [0.05, 0.1) is 9.79 Å². The van der Waals surface area contributed by atoms with Gasteiger partial charge in [0.1, 0.15) is 0 Å². The lowest BCUT2D eigenvalue weighted by Crippen LogP contribution is -2.24. The largest absolute Gasteiger partial charge is 0.315 e. The van der Waals surface area contributed by atoms with Crippen molar-refractivity contribution in [3.05, 3.63) is 60.7 Å². The number of sulfone groups is 1. The monoisotopic (exact) mass is 321 g/mol. The highest BCUT2D eigenvalue weighted by Crippen LogP contribution is 2.19. The predicted molar refractivity (Wildman–Crippen MR) is 88.5 cm³/mol. The minimum atomic E-state index is -3.34. The molecule has 0 radical (unpaired) electrons. The van der Waals surface area contributed by atoms with Crippen molar-refractivity contribution in [2.45, 2.75) is 9.79 Å². The first-order valence-corrected chi connectivity index (χ1v) is 9.49. The molecule has 1 aliphatic rings. The fourth-order valence-corrected chi connectivity index (χ4v) is 3.94. The Balaban J connectivity index is 0.000000225. The van der Waals surface area contributed by atoms with Crippen molar-refractivity contribution in [3.63, 3.8) is 0 Å². The predicted octanol–water partition coefficient (Wildman–Crippen LogP) is 2.84. The SMILES string of the molecule is C1CSCCN1.O=S(=O)(c1ccccc1)c1ccccc1. The zero-order valence-corrected chi connectivity index (χ0v) is 13.4. The summed E-state index contributed by atoms with van der Waals surface area (Å²) in [6, 6.07) is 16.9. The Labute approximate surface area is 130 Å². The summed E-state index contributed by atoms with van der Waals surface area (Å²) in [4.78, 5) is 0.660. The molecule has 0 amide bonds. The van der Waals surface area contributed by atoms with Crippen molar-refractivity contribution in [2.75, 3.05) is 24.6 Å². The van der Waals surface area contributed by atoms with Gasteiger partial charge < -0.3 is 5.32 Å². The van der Waals surface area contributed by atoms with E-state index in [0.717, 1.165) is 0 Å². The highest BCUT2D eigenvalue weighted by atomic mass is 32.2. The molecule has 1 heterocycles. The van der Waals surface area contributed by atoms with Gasteiger partial charge in [-0.3, -0.25) is 0 Å². The Kier molecular flexibility index (Phi) is 6.29. The molecular weight excluding hydrogens is 302 g/mol. The van der Waals surface area contributed by atoms with Crippen LogP contribution >= 0.6 is 11.8 Å². The fraction of sp³-hybridized carbons (Fsp3) is 0.250. The van der Waals surface area contributed by atoms with E-state index >= 15 is 0 Å². The van der Waals surface area contributed by atoms with Crippen LogP contribution in [0.1, 0.15) is 0 Å². The molecule has 5 heteroatoms. The van der Waals surface area contributed by atoms with Gasteiger partial charge in [-0.15, -0.1) is 0 Å². The van der Waals surface area contributed by atoms with Gasteiger partial charge in [-0.1, -0.05) is 36.4 Å². The van der Waals surface area contributed by atoms with E-state index in [9.17, 15) is 8.42 Å². The maximum Gasteiger partial charge on any atom is 0.206 e. The van der Waals surface area contributed by atoms with Crippen molar-refractivity contribution < 1.29 is 8.42 Å². The van der Waals surface area contributed by atoms with Crippen LogP contribution in [0.25, 0.3) is 0 Å². The van der Waals surface area contributed by atoms with Gasteiger partial charge in [-0.25, -0.2) is 8.42 Å². The first-order chi connectivity index (χ1) is 10.2. The maximum atomic E-state index is 12.0. The molecule has 1 aliphatic heterocycles. The molecule has 0 unspecified atom stereocenters. The molecule has 3 nitrogen and oxygen atoms in total. The summed E-state index contributed by atoms with van der Waals surface area (Å²) in [6.07, 6.45) is 0. The van der Waals surface area contributed by atoms with Crippen molar-refractivity contribution in [1.29, 1.82) is 0 Å². The van der Waals surface area contributed by atoms with Crippen molar-refractivity contribution >= 4 is 21.6 Å². The Bertz CT molecular complexity index is 567. The molecule has 1 fully saturated rings. The molecule has 2 aromatic rings. The third-order valence-corrected chi connectivity index (χ3v) is 5.72. The lowest BCUT2D eigenvalue weighted by atomic mass is 10.4. The molecular formula is C16H19NO2S2. The lowest BCUT2D eigenvalue weighted by molar-refractivity contribution is 0.596. The first kappa shape index (κ1) is 16.1. The van der Waals surface area contributed by atoms with Crippen molar-refractivity contribution in [2.24, 2.45) is 0 Å². The van der Waals surface area contributed by atoms with Gasteiger partial charge in [-0.2, -0.15) is 11.8 Å². The number of hydrogen-bond acceptors (Lipinski definition) is 4. The second kappa shape index (κ2) is 8.22. The van der Waals surface area contributed by atoms with Crippen molar-refractivity contribution in [3.8, 4) is 0 Å². The fourth-order valence-electron chi connectivity index (χ4n) is 1.85. The average Bonchev–Trinajstić information content (AvgIpc) is 2.59. The Morgan fingerprint density at radius 2 is 1.19 bits per heavy atom.